The van der Waals surface area contributed by atoms with Crippen molar-refractivity contribution >= 4 is 23.2 Å². The summed E-state index contributed by atoms with van der Waals surface area (Å²) in [6.45, 7) is 5.99. The molecule has 0 aromatic carbocycles. The van der Waals surface area contributed by atoms with Crippen molar-refractivity contribution in [1.82, 2.24) is 15.1 Å². The molecule has 0 amide bonds. The highest BCUT2D eigenvalue weighted by Gasteiger charge is 2.14. The molecule has 0 bridgehead atoms. The summed E-state index contributed by atoms with van der Waals surface area (Å²) in [5, 5.41) is 8.40. The second-order valence-corrected chi connectivity index (χ2v) is 4.54. The third-order valence-electron chi connectivity index (χ3n) is 2.57. The van der Waals surface area contributed by atoms with Gasteiger partial charge in [-0.1, -0.05) is 11.6 Å². The third-order valence-corrected chi connectivity index (χ3v) is 3.43. The van der Waals surface area contributed by atoms with Crippen molar-refractivity contribution in [3.05, 3.63) is 16.4 Å². The zero-order valence-corrected chi connectivity index (χ0v) is 12.0. The Hall–Kier alpha value is -0.290. The summed E-state index contributed by atoms with van der Waals surface area (Å²) in [6, 6.07) is 0.123. The minimum absolute atomic E-state index is 0.123. The summed E-state index contributed by atoms with van der Waals surface area (Å²) < 4.78 is 6.98. The molecule has 98 valence electrons. The van der Waals surface area contributed by atoms with Crippen molar-refractivity contribution in [2.45, 2.75) is 33.0 Å². The summed E-state index contributed by atoms with van der Waals surface area (Å²) in [5.41, 5.74) is 1.86. The number of aromatic nitrogens is 2. The van der Waals surface area contributed by atoms with E-state index >= 15 is 0 Å². The van der Waals surface area contributed by atoms with Gasteiger partial charge in [-0.05, 0) is 13.8 Å². The summed E-state index contributed by atoms with van der Waals surface area (Å²) in [6.07, 6.45) is 0. The molecule has 0 radical (unpaired) electrons. The van der Waals surface area contributed by atoms with Crippen LogP contribution in [-0.4, -0.2) is 35.4 Å². The van der Waals surface area contributed by atoms with Crippen LogP contribution in [0.5, 0.6) is 0 Å². The predicted octanol–water partition coefficient (Wildman–Crippen LogP) is 2.21. The SMILES string of the molecule is CCn1nc(C)c(Cl)c1CNC(CCl)COC. The topological polar surface area (TPSA) is 39.1 Å². The second-order valence-electron chi connectivity index (χ2n) is 3.85. The van der Waals surface area contributed by atoms with Gasteiger partial charge >= 0.3 is 0 Å². The zero-order valence-electron chi connectivity index (χ0n) is 10.5. The molecule has 1 atom stereocenters. The molecule has 0 saturated heterocycles. The molecular formula is C11H19Cl2N3O. The monoisotopic (exact) mass is 279 g/mol. The number of alkyl halides is 1. The lowest BCUT2D eigenvalue weighted by Crippen LogP contribution is -2.35. The molecule has 0 spiro atoms. The number of aryl methyl sites for hydroxylation is 2. The standard InChI is InChI=1S/C11H19Cl2N3O/c1-4-16-10(11(13)8(2)15-16)6-14-9(5-12)7-17-3/h9,14H,4-7H2,1-3H3. The fourth-order valence-electron chi connectivity index (χ4n) is 1.64. The molecule has 17 heavy (non-hydrogen) atoms. The summed E-state index contributed by atoms with van der Waals surface area (Å²) in [4.78, 5) is 0. The van der Waals surface area contributed by atoms with Gasteiger partial charge < -0.3 is 10.1 Å². The Labute approximate surface area is 112 Å². The van der Waals surface area contributed by atoms with Gasteiger partial charge in [0.2, 0.25) is 0 Å². The summed E-state index contributed by atoms with van der Waals surface area (Å²) in [5.74, 6) is 0.505. The fraction of sp³-hybridized carbons (Fsp3) is 0.727. The quantitative estimate of drug-likeness (QED) is 0.778. The molecule has 0 saturated carbocycles. The number of hydrogen-bond donors (Lipinski definition) is 1. The molecule has 0 aliphatic carbocycles. The number of halogens is 2. The number of nitrogens with zero attached hydrogens (tertiary/aromatic N) is 2. The zero-order chi connectivity index (χ0) is 12.8. The van der Waals surface area contributed by atoms with Gasteiger partial charge in [0.1, 0.15) is 0 Å². The van der Waals surface area contributed by atoms with Gasteiger partial charge in [0, 0.05) is 32.1 Å². The molecular weight excluding hydrogens is 261 g/mol. The van der Waals surface area contributed by atoms with E-state index in [1.807, 2.05) is 18.5 Å². The molecule has 1 unspecified atom stereocenters. The van der Waals surface area contributed by atoms with Crippen LogP contribution in [0.15, 0.2) is 0 Å². The van der Waals surface area contributed by atoms with Crippen LogP contribution in [0, 0.1) is 6.92 Å². The summed E-state index contributed by atoms with van der Waals surface area (Å²) >= 11 is 12.0. The Kier molecular flexibility index (Phi) is 6.27. The van der Waals surface area contributed by atoms with Crippen molar-refractivity contribution in [3.63, 3.8) is 0 Å². The molecule has 6 heteroatoms. The van der Waals surface area contributed by atoms with Crippen LogP contribution in [0.4, 0.5) is 0 Å². The van der Waals surface area contributed by atoms with Gasteiger partial charge in [0.15, 0.2) is 0 Å². The predicted molar refractivity (Wildman–Crippen MR) is 70.9 cm³/mol. The lowest BCUT2D eigenvalue weighted by atomic mass is 10.3. The van der Waals surface area contributed by atoms with E-state index in [2.05, 4.69) is 10.4 Å². The smallest absolute Gasteiger partial charge is 0.0860 e. The van der Waals surface area contributed by atoms with Crippen molar-refractivity contribution in [2.24, 2.45) is 0 Å². The molecule has 1 rings (SSSR count). The third kappa shape index (κ3) is 3.85. The maximum Gasteiger partial charge on any atom is 0.0860 e. The van der Waals surface area contributed by atoms with Crippen molar-refractivity contribution in [3.8, 4) is 0 Å². The van der Waals surface area contributed by atoms with E-state index < -0.39 is 0 Å². The first-order valence-corrected chi connectivity index (χ1v) is 6.55. The van der Waals surface area contributed by atoms with Crippen LogP contribution < -0.4 is 5.32 Å². The largest absolute Gasteiger partial charge is 0.383 e. The van der Waals surface area contributed by atoms with E-state index in [0.717, 1.165) is 23.0 Å². The fourth-order valence-corrected chi connectivity index (χ4v) is 2.04. The Morgan fingerprint density at radius 1 is 1.53 bits per heavy atom. The highest BCUT2D eigenvalue weighted by atomic mass is 35.5. The Bertz CT molecular complexity index is 355. The maximum absolute atomic E-state index is 6.21. The number of ether oxygens (including phenoxy) is 1. The van der Waals surface area contributed by atoms with Crippen LogP contribution in [0.1, 0.15) is 18.3 Å². The van der Waals surface area contributed by atoms with Gasteiger partial charge in [0.25, 0.3) is 0 Å². The second kappa shape index (κ2) is 7.21. The molecule has 0 aliphatic heterocycles. The minimum atomic E-state index is 0.123. The van der Waals surface area contributed by atoms with Gasteiger partial charge in [-0.25, -0.2) is 0 Å². The lowest BCUT2D eigenvalue weighted by Gasteiger charge is -2.15. The van der Waals surface area contributed by atoms with Crippen molar-refractivity contribution in [1.29, 1.82) is 0 Å². The number of methoxy groups -OCH3 is 1. The van der Waals surface area contributed by atoms with Crippen LogP contribution in [0.25, 0.3) is 0 Å². The number of nitrogens with one attached hydrogen (secondary N) is 1. The average molecular weight is 280 g/mol. The van der Waals surface area contributed by atoms with Crippen LogP contribution in [0.2, 0.25) is 5.02 Å². The Morgan fingerprint density at radius 3 is 2.76 bits per heavy atom. The van der Waals surface area contributed by atoms with E-state index in [-0.39, 0.29) is 6.04 Å². The first kappa shape index (κ1) is 14.8. The average Bonchev–Trinajstić information content (AvgIpc) is 2.61. The minimum Gasteiger partial charge on any atom is -0.383 e. The van der Waals surface area contributed by atoms with E-state index in [1.165, 1.54) is 0 Å². The Balaban J connectivity index is 2.67. The first-order valence-electron chi connectivity index (χ1n) is 5.64. The molecule has 1 aromatic rings. The maximum atomic E-state index is 6.21. The lowest BCUT2D eigenvalue weighted by molar-refractivity contribution is 0.172. The van der Waals surface area contributed by atoms with Gasteiger partial charge in [-0.3, -0.25) is 4.68 Å². The van der Waals surface area contributed by atoms with E-state index in [4.69, 9.17) is 27.9 Å². The van der Waals surface area contributed by atoms with Gasteiger partial charge in [0.05, 0.1) is 23.0 Å². The molecule has 0 fully saturated rings. The van der Waals surface area contributed by atoms with E-state index in [0.29, 0.717) is 19.0 Å². The number of rotatable bonds is 7. The highest BCUT2D eigenvalue weighted by molar-refractivity contribution is 6.31. The van der Waals surface area contributed by atoms with Crippen LogP contribution in [0.3, 0.4) is 0 Å². The van der Waals surface area contributed by atoms with Gasteiger partial charge in [-0.15, -0.1) is 11.6 Å². The molecule has 4 nitrogen and oxygen atoms in total. The van der Waals surface area contributed by atoms with Crippen LogP contribution >= 0.6 is 23.2 Å². The molecule has 1 N–H and O–H groups in total. The van der Waals surface area contributed by atoms with Crippen molar-refractivity contribution < 1.29 is 4.74 Å². The van der Waals surface area contributed by atoms with Crippen LogP contribution in [-0.2, 0) is 17.8 Å². The normalized spacial score (nSPS) is 13.0. The first-order chi connectivity index (χ1) is 8.13. The number of hydrogen-bond acceptors (Lipinski definition) is 3. The summed E-state index contributed by atoms with van der Waals surface area (Å²) in [7, 11) is 1.66. The van der Waals surface area contributed by atoms with Crippen molar-refractivity contribution in [2.75, 3.05) is 19.6 Å². The molecule has 1 heterocycles. The Morgan fingerprint density at radius 2 is 2.24 bits per heavy atom. The molecule has 1 aromatic heterocycles. The highest BCUT2D eigenvalue weighted by Crippen LogP contribution is 2.20. The molecule has 0 aliphatic rings. The van der Waals surface area contributed by atoms with Gasteiger partial charge in [-0.2, -0.15) is 5.10 Å². The van der Waals surface area contributed by atoms with E-state index in [1.54, 1.807) is 7.11 Å². The van der Waals surface area contributed by atoms with E-state index in [9.17, 15) is 0 Å².